The van der Waals surface area contributed by atoms with Crippen LogP contribution in [0.1, 0.15) is 32.1 Å². The van der Waals surface area contributed by atoms with Gasteiger partial charge in [-0.3, -0.25) is 0 Å². The maximum atomic E-state index is 3.67. The molecule has 1 aliphatic carbocycles. The maximum absolute atomic E-state index is 3.67. The molecular formula is C14H17NS. The first-order chi connectivity index (χ1) is 7.92. The molecule has 1 nitrogen and oxygen atoms in total. The van der Waals surface area contributed by atoms with Gasteiger partial charge in [0.1, 0.15) is 0 Å². The first-order valence-electron chi connectivity index (χ1n) is 6.16. The predicted octanol–water partition coefficient (Wildman–Crippen LogP) is 4.65. The molecule has 2 aromatic rings. The van der Waals surface area contributed by atoms with Gasteiger partial charge in [-0.2, -0.15) is 0 Å². The molecule has 1 N–H and O–H groups in total. The third kappa shape index (κ3) is 2.07. The molecule has 0 radical (unpaired) electrons. The number of benzene rings is 1. The summed E-state index contributed by atoms with van der Waals surface area (Å²) in [7, 11) is 0. The fourth-order valence-electron chi connectivity index (χ4n) is 2.54. The zero-order chi connectivity index (χ0) is 10.8. The quantitative estimate of drug-likeness (QED) is 0.793. The third-order valence-corrected chi connectivity index (χ3v) is 4.33. The summed E-state index contributed by atoms with van der Waals surface area (Å²) in [4.78, 5) is 0. The summed E-state index contributed by atoms with van der Waals surface area (Å²) in [6.07, 6.45) is 6.86. The average molecular weight is 231 g/mol. The molecule has 84 valence electrons. The molecule has 0 spiro atoms. The Hall–Kier alpha value is -1.02. The Balaban J connectivity index is 1.77. The Bertz CT molecular complexity index is 468. The lowest BCUT2D eigenvalue weighted by Crippen LogP contribution is -2.21. The van der Waals surface area contributed by atoms with Crippen LogP contribution in [0.25, 0.3) is 10.1 Å². The van der Waals surface area contributed by atoms with Gasteiger partial charge in [0.05, 0.1) is 0 Å². The van der Waals surface area contributed by atoms with Crippen molar-refractivity contribution in [3.63, 3.8) is 0 Å². The fourth-order valence-corrected chi connectivity index (χ4v) is 3.31. The van der Waals surface area contributed by atoms with Gasteiger partial charge in [-0.15, -0.1) is 11.3 Å². The third-order valence-electron chi connectivity index (χ3n) is 3.43. The van der Waals surface area contributed by atoms with Gasteiger partial charge in [-0.05, 0) is 47.9 Å². The second-order valence-corrected chi connectivity index (χ2v) is 5.60. The minimum Gasteiger partial charge on any atom is -0.382 e. The van der Waals surface area contributed by atoms with Crippen molar-refractivity contribution in [3.05, 3.63) is 29.6 Å². The first-order valence-corrected chi connectivity index (χ1v) is 7.03. The van der Waals surface area contributed by atoms with Gasteiger partial charge in [0.2, 0.25) is 0 Å². The van der Waals surface area contributed by atoms with Crippen LogP contribution in [0.2, 0.25) is 0 Å². The van der Waals surface area contributed by atoms with Crippen molar-refractivity contribution in [1.82, 2.24) is 0 Å². The first kappa shape index (κ1) is 10.2. The number of thiophene rings is 1. The molecule has 0 aliphatic heterocycles. The molecule has 0 saturated heterocycles. The van der Waals surface area contributed by atoms with Gasteiger partial charge in [-0.1, -0.05) is 19.3 Å². The molecule has 1 fully saturated rings. The Morgan fingerprint density at radius 3 is 2.81 bits per heavy atom. The van der Waals surface area contributed by atoms with Gasteiger partial charge in [0.25, 0.3) is 0 Å². The molecule has 16 heavy (non-hydrogen) atoms. The van der Waals surface area contributed by atoms with Crippen LogP contribution in [0.3, 0.4) is 0 Å². The standard InChI is InChI=1S/C14H17NS/c1-2-4-12(5-3-1)15-13-6-7-14-11(10-13)8-9-16-14/h6-10,12,15H,1-5H2. The van der Waals surface area contributed by atoms with Crippen molar-refractivity contribution in [1.29, 1.82) is 0 Å². The summed E-state index contributed by atoms with van der Waals surface area (Å²) in [5.74, 6) is 0. The topological polar surface area (TPSA) is 12.0 Å². The number of rotatable bonds is 2. The smallest absolute Gasteiger partial charge is 0.0349 e. The van der Waals surface area contributed by atoms with Crippen molar-refractivity contribution in [2.45, 2.75) is 38.1 Å². The Morgan fingerprint density at radius 2 is 1.94 bits per heavy atom. The van der Waals surface area contributed by atoms with Crippen molar-refractivity contribution in [2.24, 2.45) is 0 Å². The molecule has 0 atom stereocenters. The van der Waals surface area contributed by atoms with E-state index in [0.717, 1.165) is 0 Å². The van der Waals surface area contributed by atoms with Crippen LogP contribution >= 0.6 is 11.3 Å². The molecule has 0 amide bonds. The predicted molar refractivity (Wildman–Crippen MR) is 72.3 cm³/mol. The van der Waals surface area contributed by atoms with E-state index in [1.165, 1.54) is 47.9 Å². The van der Waals surface area contributed by atoms with E-state index in [1.54, 1.807) is 0 Å². The van der Waals surface area contributed by atoms with Gasteiger partial charge in [-0.25, -0.2) is 0 Å². The SMILES string of the molecule is c1cc2cc(NC3CCCCC3)ccc2s1. The van der Waals surface area contributed by atoms with Gasteiger partial charge >= 0.3 is 0 Å². The van der Waals surface area contributed by atoms with Crippen molar-refractivity contribution in [2.75, 3.05) is 5.32 Å². The Labute approximate surface area is 100 Å². The lowest BCUT2D eigenvalue weighted by molar-refractivity contribution is 0.463. The lowest BCUT2D eigenvalue weighted by atomic mass is 9.95. The minimum atomic E-state index is 0.699. The summed E-state index contributed by atoms with van der Waals surface area (Å²) in [6.45, 7) is 0. The Morgan fingerprint density at radius 1 is 1.06 bits per heavy atom. The Kier molecular flexibility index (Phi) is 2.83. The van der Waals surface area contributed by atoms with E-state index in [4.69, 9.17) is 0 Å². The second kappa shape index (κ2) is 4.46. The van der Waals surface area contributed by atoms with Crippen LogP contribution in [0.5, 0.6) is 0 Å². The van der Waals surface area contributed by atoms with Crippen molar-refractivity contribution in [3.8, 4) is 0 Å². The van der Waals surface area contributed by atoms with Crippen LogP contribution in [0.15, 0.2) is 29.6 Å². The van der Waals surface area contributed by atoms with Crippen LogP contribution in [-0.2, 0) is 0 Å². The van der Waals surface area contributed by atoms with E-state index in [-0.39, 0.29) is 0 Å². The van der Waals surface area contributed by atoms with Gasteiger partial charge in [0.15, 0.2) is 0 Å². The lowest BCUT2D eigenvalue weighted by Gasteiger charge is -2.23. The molecule has 1 saturated carbocycles. The van der Waals surface area contributed by atoms with E-state index in [2.05, 4.69) is 35.0 Å². The highest BCUT2D eigenvalue weighted by atomic mass is 32.1. The molecule has 1 heterocycles. The minimum absolute atomic E-state index is 0.699. The van der Waals surface area contributed by atoms with E-state index < -0.39 is 0 Å². The normalized spacial score (nSPS) is 17.8. The monoisotopic (exact) mass is 231 g/mol. The van der Waals surface area contributed by atoms with Gasteiger partial charge in [0, 0.05) is 16.4 Å². The fraction of sp³-hybridized carbons (Fsp3) is 0.429. The van der Waals surface area contributed by atoms with Crippen LogP contribution in [0.4, 0.5) is 5.69 Å². The second-order valence-electron chi connectivity index (χ2n) is 4.65. The summed E-state index contributed by atoms with van der Waals surface area (Å²) in [6, 6.07) is 9.62. The van der Waals surface area contributed by atoms with Crippen LogP contribution in [-0.4, -0.2) is 6.04 Å². The van der Waals surface area contributed by atoms with Gasteiger partial charge < -0.3 is 5.32 Å². The summed E-state index contributed by atoms with van der Waals surface area (Å²) >= 11 is 1.81. The molecule has 0 unspecified atom stereocenters. The highest BCUT2D eigenvalue weighted by Gasteiger charge is 2.12. The summed E-state index contributed by atoms with van der Waals surface area (Å²) < 4.78 is 1.38. The molecule has 3 rings (SSSR count). The van der Waals surface area contributed by atoms with E-state index in [9.17, 15) is 0 Å². The zero-order valence-electron chi connectivity index (χ0n) is 9.41. The largest absolute Gasteiger partial charge is 0.382 e. The van der Waals surface area contributed by atoms with E-state index in [1.807, 2.05) is 11.3 Å². The number of hydrogen-bond acceptors (Lipinski definition) is 2. The zero-order valence-corrected chi connectivity index (χ0v) is 10.2. The average Bonchev–Trinajstić information content (AvgIpc) is 2.77. The number of nitrogens with one attached hydrogen (secondary N) is 1. The molecular weight excluding hydrogens is 214 g/mol. The highest BCUT2D eigenvalue weighted by molar-refractivity contribution is 7.17. The van der Waals surface area contributed by atoms with Crippen molar-refractivity contribution < 1.29 is 0 Å². The number of anilines is 1. The molecule has 1 aromatic carbocycles. The number of hydrogen-bond donors (Lipinski definition) is 1. The van der Waals surface area contributed by atoms with Crippen LogP contribution < -0.4 is 5.32 Å². The maximum Gasteiger partial charge on any atom is 0.0349 e. The van der Waals surface area contributed by atoms with Crippen molar-refractivity contribution >= 4 is 27.1 Å². The molecule has 1 aliphatic rings. The molecule has 2 heteroatoms. The summed E-state index contributed by atoms with van der Waals surface area (Å²) in [5.41, 5.74) is 1.29. The number of fused-ring (bicyclic) bond motifs is 1. The van der Waals surface area contributed by atoms with E-state index >= 15 is 0 Å². The van der Waals surface area contributed by atoms with E-state index in [0.29, 0.717) is 6.04 Å². The molecule has 1 aromatic heterocycles. The molecule has 0 bridgehead atoms. The highest BCUT2D eigenvalue weighted by Crippen LogP contribution is 2.26. The summed E-state index contributed by atoms with van der Waals surface area (Å²) in [5, 5.41) is 7.20. The van der Waals surface area contributed by atoms with Crippen LogP contribution in [0, 0.1) is 0 Å².